The topological polar surface area (TPSA) is 75.4 Å². The highest BCUT2D eigenvalue weighted by atomic mass is 19.4. The van der Waals surface area contributed by atoms with Gasteiger partial charge in [-0.25, -0.2) is 4.98 Å². The number of hydrogen-bond acceptors (Lipinski definition) is 4. The highest BCUT2D eigenvalue weighted by molar-refractivity contribution is 6.03. The standard InChI is InChI=1S/C13H11F3N2O3/c1-6-11(21-7(2)17-6)12(20)18-8-3-4-10(19)9(5-8)13(14,15)16/h3-5,19H,1-2H3,(H,18,20). The summed E-state index contributed by atoms with van der Waals surface area (Å²) >= 11 is 0. The summed E-state index contributed by atoms with van der Waals surface area (Å²) in [5, 5.41) is 11.5. The summed E-state index contributed by atoms with van der Waals surface area (Å²) in [6, 6.07) is 2.66. The summed E-state index contributed by atoms with van der Waals surface area (Å²) in [5.74, 6) is -1.42. The first kappa shape index (κ1) is 14.9. The summed E-state index contributed by atoms with van der Waals surface area (Å²) in [5.41, 5.74) is -1.01. The molecule has 112 valence electrons. The van der Waals surface area contributed by atoms with Crippen LogP contribution in [0, 0.1) is 13.8 Å². The van der Waals surface area contributed by atoms with E-state index < -0.39 is 23.4 Å². The van der Waals surface area contributed by atoms with Gasteiger partial charge in [-0.3, -0.25) is 4.79 Å². The van der Waals surface area contributed by atoms with E-state index in [9.17, 15) is 23.1 Å². The molecule has 0 fully saturated rings. The molecule has 0 bridgehead atoms. The van der Waals surface area contributed by atoms with Gasteiger partial charge in [0.15, 0.2) is 5.89 Å². The number of aryl methyl sites for hydroxylation is 2. The molecule has 0 aliphatic heterocycles. The highest BCUT2D eigenvalue weighted by Crippen LogP contribution is 2.37. The van der Waals surface area contributed by atoms with Crippen LogP contribution in [0.15, 0.2) is 22.6 Å². The van der Waals surface area contributed by atoms with Crippen LogP contribution in [-0.2, 0) is 6.18 Å². The Balaban J connectivity index is 2.28. The van der Waals surface area contributed by atoms with Gasteiger partial charge in [0.2, 0.25) is 5.76 Å². The Morgan fingerprint density at radius 2 is 2.00 bits per heavy atom. The molecule has 5 nitrogen and oxygen atoms in total. The third-order valence-corrected chi connectivity index (χ3v) is 2.67. The lowest BCUT2D eigenvalue weighted by Crippen LogP contribution is -2.13. The van der Waals surface area contributed by atoms with Gasteiger partial charge < -0.3 is 14.8 Å². The Labute approximate surface area is 117 Å². The fraction of sp³-hybridized carbons (Fsp3) is 0.231. The monoisotopic (exact) mass is 300 g/mol. The van der Waals surface area contributed by atoms with Crippen molar-refractivity contribution in [3.8, 4) is 5.75 Å². The number of phenolic OH excluding ortho intramolecular Hbond substituents is 1. The Kier molecular flexibility index (Phi) is 3.63. The normalized spacial score (nSPS) is 11.5. The first-order chi connectivity index (χ1) is 9.68. The summed E-state index contributed by atoms with van der Waals surface area (Å²) in [4.78, 5) is 15.8. The smallest absolute Gasteiger partial charge is 0.420 e. The quantitative estimate of drug-likeness (QED) is 0.835. The zero-order chi connectivity index (χ0) is 15.8. The van der Waals surface area contributed by atoms with Gasteiger partial charge in [-0.05, 0) is 25.1 Å². The van der Waals surface area contributed by atoms with Crippen molar-refractivity contribution >= 4 is 11.6 Å². The van der Waals surface area contributed by atoms with Gasteiger partial charge in [0.25, 0.3) is 5.91 Å². The Morgan fingerprint density at radius 1 is 1.33 bits per heavy atom. The van der Waals surface area contributed by atoms with Crippen molar-refractivity contribution in [1.29, 1.82) is 0 Å². The van der Waals surface area contributed by atoms with Crippen LogP contribution >= 0.6 is 0 Å². The van der Waals surface area contributed by atoms with E-state index >= 15 is 0 Å². The number of amides is 1. The van der Waals surface area contributed by atoms with Crippen LogP contribution in [-0.4, -0.2) is 16.0 Å². The van der Waals surface area contributed by atoms with E-state index in [2.05, 4.69) is 10.3 Å². The maximum Gasteiger partial charge on any atom is 0.420 e. The molecule has 2 N–H and O–H groups in total. The molecular weight excluding hydrogens is 289 g/mol. The number of hydrogen-bond donors (Lipinski definition) is 2. The molecule has 0 radical (unpaired) electrons. The number of alkyl halides is 3. The summed E-state index contributed by atoms with van der Waals surface area (Å²) in [6.07, 6.45) is -4.72. The predicted octanol–water partition coefficient (Wildman–Crippen LogP) is 3.27. The summed E-state index contributed by atoms with van der Waals surface area (Å²) in [6.45, 7) is 3.09. The second-order valence-electron chi connectivity index (χ2n) is 4.33. The molecule has 0 aliphatic rings. The third-order valence-electron chi connectivity index (χ3n) is 2.67. The van der Waals surface area contributed by atoms with Crippen LogP contribution in [0.3, 0.4) is 0 Å². The number of aromatic nitrogens is 1. The molecule has 21 heavy (non-hydrogen) atoms. The van der Waals surface area contributed by atoms with Gasteiger partial charge >= 0.3 is 6.18 Å². The van der Waals surface area contributed by atoms with Gasteiger partial charge in [0.1, 0.15) is 5.75 Å². The number of nitrogens with one attached hydrogen (secondary N) is 1. The lowest BCUT2D eigenvalue weighted by Gasteiger charge is -2.11. The van der Waals surface area contributed by atoms with E-state index in [-0.39, 0.29) is 17.3 Å². The van der Waals surface area contributed by atoms with Gasteiger partial charge in [-0.15, -0.1) is 0 Å². The Bertz CT molecular complexity index is 692. The van der Waals surface area contributed by atoms with Gasteiger partial charge in [-0.1, -0.05) is 0 Å². The van der Waals surface area contributed by atoms with Gasteiger partial charge in [0, 0.05) is 12.6 Å². The molecule has 8 heteroatoms. The largest absolute Gasteiger partial charge is 0.507 e. The molecule has 2 rings (SSSR count). The number of carbonyl (C=O) groups is 1. The van der Waals surface area contributed by atoms with Crippen molar-refractivity contribution < 1.29 is 27.5 Å². The first-order valence-electron chi connectivity index (χ1n) is 5.84. The van der Waals surface area contributed by atoms with E-state index in [1.165, 1.54) is 0 Å². The average molecular weight is 300 g/mol. The number of phenols is 1. The highest BCUT2D eigenvalue weighted by Gasteiger charge is 2.34. The number of aromatic hydroxyl groups is 1. The van der Waals surface area contributed by atoms with E-state index in [1.807, 2.05) is 0 Å². The molecule has 0 atom stereocenters. The fourth-order valence-corrected chi connectivity index (χ4v) is 1.77. The van der Waals surface area contributed by atoms with E-state index in [4.69, 9.17) is 4.42 Å². The van der Waals surface area contributed by atoms with Crippen LogP contribution in [0.1, 0.15) is 27.7 Å². The molecule has 0 aliphatic carbocycles. The van der Waals surface area contributed by atoms with Crippen LogP contribution in [0.5, 0.6) is 5.75 Å². The average Bonchev–Trinajstić information content (AvgIpc) is 2.69. The predicted molar refractivity (Wildman–Crippen MR) is 67.0 cm³/mol. The molecule has 1 aromatic heterocycles. The number of anilines is 1. The molecule has 1 heterocycles. The summed E-state index contributed by atoms with van der Waals surface area (Å²) in [7, 11) is 0. The van der Waals surface area contributed by atoms with Gasteiger partial charge in [-0.2, -0.15) is 13.2 Å². The Morgan fingerprint density at radius 3 is 2.52 bits per heavy atom. The number of carbonyl (C=O) groups excluding carboxylic acids is 1. The number of oxazole rings is 1. The van der Waals surface area contributed by atoms with E-state index in [0.29, 0.717) is 11.8 Å². The van der Waals surface area contributed by atoms with E-state index in [0.717, 1.165) is 12.1 Å². The van der Waals surface area contributed by atoms with Crippen molar-refractivity contribution in [3.63, 3.8) is 0 Å². The number of nitrogens with zero attached hydrogens (tertiary/aromatic N) is 1. The number of rotatable bonds is 2. The fourth-order valence-electron chi connectivity index (χ4n) is 1.77. The van der Waals surface area contributed by atoms with Crippen molar-refractivity contribution in [2.45, 2.75) is 20.0 Å². The van der Waals surface area contributed by atoms with Crippen molar-refractivity contribution in [3.05, 3.63) is 41.1 Å². The zero-order valence-corrected chi connectivity index (χ0v) is 11.1. The molecule has 0 saturated carbocycles. The third kappa shape index (κ3) is 3.15. The zero-order valence-electron chi connectivity index (χ0n) is 11.1. The Hall–Kier alpha value is -2.51. The van der Waals surface area contributed by atoms with Crippen molar-refractivity contribution in [1.82, 2.24) is 4.98 Å². The lowest BCUT2D eigenvalue weighted by atomic mass is 10.1. The second kappa shape index (κ2) is 5.12. The SMILES string of the molecule is Cc1nc(C)c(C(=O)Nc2ccc(O)c(C(F)(F)F)c2)o1. The second-order valence-corrected chi connectivity index (χ2v) is 4.33. The number of benzene rings is 1. The van der Waals surface area contributed by atoms with Crippen molar-refractivity contribution in [2.75, 3.05) is 5.32 Å². The minimum atomic E-state index is -4.72. The first-order valence-corrected chi connectivity index (χ1v) is 5.84. The van der Waals surface area contributed by atoms with Crippen LogP contribution in [0.25, 0.3) is 0 Å². The summed E-state index contributed by atoms with van der Waals surface area (Å²) < 4.78 is 43.0. The minimum absolute atomic E-state index is 0.0749. The minimum Gasteiger partial charge on any atom is -0.507 e. The molecular formula is C13H11F3N2O3. The van der Waals surface area contributed by atoms with E-state index in [1.54, 1.807) is 13.8 Å². The number of halogens is 3. The lowest BCUT2D eigenvalue weighted by molar-refractivity contribution is -0.138. The molecule has 0 spiro atoms. The molecule has 0 saturated heterocycles. The molecule has 0 unspecified atom stereocenters. The van der Waals surface area contributed by atoms with Gasteiger partial charge in [0.05, 0.1) is 11.3 Å². The van der Waals surface area contributed by atoms with Crippen LogP contribution in [0.4, 0.5) is 18.9 Å². The molecule has 2 aromatic rings. The maximum absolute atomic E-state index is 12.7. The van der Waals surface area contributed by atoms with Crippen LogP contribution < -0.4 is 5.32 Å². The molecule has 1 amide bonds. The molecule has 1 aromatic carbocycles. The maximum atomic E-state index is 12.7. The van der Waals surface area contributed by atoms with Crippen molar-refractivity contribution in [2.24, 2.45) is 0 Å². The van der Waals surface area contributed by atoms with Crippen LogP contribution in [0.2, 0.25) is 0 Å².